The van der Waals surface area contributed by atoms with E-state index in [1.807, 2.05) is 24.3 Å². The summed E-state index contributed by atoms with van der Waals surface area (Å²) in [6.45, 7) is 2.75. The number of ether oxygens (including phenoxy) is 1. The molecule has 0 spiro atoms. The molecular weight excluding hydrogens is 282 g/mol. The van der Waals surface area contributed by atoms with Crippen molar-refractivity contribution in [1.29, 1.82) is 0 Å². The van der Waals surface area contributed by atoms with E-state index in [4.69, 9.17) is 9.15 Å². The summed E-state index contributed by atoms with van der Waals surface area (Å²) in [4.78, 5) is 2.25. The smallest absolute Gasteiger partial charge is 0.251 e. The highest BCUT2D eigenvalue weighted by Gasteiger charge is 2.21. The summed E-state index contributed by atoms with van der Waals surface area (Å²) in [5, 5.41) is 17.6. The van der Waals surface area contributed by atoms with Gasteiger partial charge in [0.05, 0.1) is 19.2 Å². The van der Waals surface area contributed by atoms with Crippen molar-refractivity contribution >= 4 is 0 Å². The van der Waals surface area contributed by atoms with Crippen LogP contribution in [-0.4, -0.2) is 47.0 Å². The summed E-state index contributed by atoms with van der Waals surface area (Å²) in [5.74, 6) is 2.14. The molecule has 1 atom stereocenters. The maximum absolute atomic E-state index is 9.29. The molecule has 22 heavy (non-hydrogen) atoms. The van der Waals surface area contributed by atoms with Crippen molar-refractivity contribution in [3.63, 3.8) is 0 Å². The lowest BCUT2D eigenvalue weighted by Crippen LogP contribution is -2.36. The molecule has 3 rings (SSSR count). The first-order chi connectivity index (χ1) is 10.8. The molecule has 0 bridgehead atoms. The summed E-state index contributed by atoms with van der Waals surface area (Å²) in [6, 6.07) is 7.59. The van der Waals surface area contributed by atoms with Crippen LogP contribution in [0.25, 0.3) is 11.5 Å². The first-order valence-corrected chi connectivity index (χ1v) is 7.59. The minimum Gasteiger partial charge on any atom is -0.496 e. The zero-order valence-corrected chi connectivity index (χ0v) is 12.7. The molecule has 118 valence electrons. The lowest BCUT2D eigenvalue weighted by atomic mass is 9.99. The van der Waals surface area contributed by atoms with Crippen LogP contribution in [0.15, 0.2) is 28.7 Å². The zero-order valence-electron chi connectivity index (χ0n) is 12.7. The van der Waals surface area contributed by atoms with Gasteiger partial charge in [-0.1, -0.05) is 12.1 Å². The SMILES string of the molecule is COc1ccccc1-c1nnc(CN2CCCC(CO)C2)o1. The molecule has 1 unspecified atom stereocenters. The molecule has 1 N–H and O–H groups in total. The summed E-state index contributed by atoms with van der Waals surface area (Å²) in [6.07, 6.45) is 2.18. The van der Waals surface area contributed by atoms with Gasteiger partial charge in [0.1, 0.15) is 5.75 Å². The van der Waals surface area contributed by atoms with Gasteiger partial charge in [0.25, 0.3) is 5.89 Å². The van der Waals surface area contributed by atoms with Gasteiger partial charge in [-0.15, -0.1) is 10.2 Å². The molecule has 1 fully saturated rings. The van der Waals surface area contributed by atoms with E-state index in [1.165, 1.54) is 0 Å². The third-order valence-corrected chi connectivity index (χ3v) is 4.02. The number of hydrogen-bond acceptors (Lipinski definition) is 6. The number of rotatable bonds is 5. The molecule has 1 aliphatic rings. The Morgan fingerprint density at radius 2 is 2.23 bits per heavy atom. The number of aliphatic hydroxyl groups is 1. The number of aliphatic hydroxyl groups excluding tert-OH is 1. The summed E-state index contributed by atoms with van der Waals surface area (Å²) in [5.41, 5.74) is 0.802. The predicted octanol–water partition coefficient (Wildman–Crippen LogP) is 1.95. The Morgan fingerprint density at radius 1 is 1.36 bits per heavy atom. The van der Waals surface area contributed by atoms with Gasteiger partial charge < -0.3 is 14.3 Å². The van der Waals surface area contributed by atoms with Crippen LogP contribution in [0.1, 0.15) is 18.7 Å². The fraction of sp³-hybridized carbons (Fsp3) is 0.500. The van der Waals surface area contributed by atoms with Crippen molar-refractivity contribution in [3.05, 3.63) is 30.2 Å². The Balaban J connectivity index is 1.71. The number of para-hydroxylation sites is 1. The van der Waals surface area contributed by atoms with E-state index in [-0.39, 0.29) is 6.61 Å². The highest BCUT2D eigenvalue weighted by atomic mass is 16.5. The largest absolute Gasteiger partial charge is 0.496 e. The number of likely N-dealkylation sites (tertiary alicyclic amines) is 1. The highest BCUT2D eigenvalue weighted by Crippen LogP contribution is 2.28. The van der Waals surface area contributed by atoms with E-state index in [1.54, 1.807) is 7.11 Å². The van der Waals surface area contributed by atoms with Gasteiger partial charge in [-0.05, 0) is 37.4 Å². The van der Waals surface area contributed by atoms with Crippen molar-refractivity contribution in [1.82, 2.24) is 15.1 Å². The summed E-state index contributed by atoms with van der Waals surface area (Å²) >= 11 is 0. The number of benzene rings is 1. The third-order valence-electron chi connectivity index (χ3n) is 4.02. The standard InChI is InChI=1S/C16H21N3O3/c1-21-14-7-3-2-6-13(14)16-18-17-15(22-16)10-19-8-4-5-12(9-19)11-20/h2-3,6-7,12,20H,4-5,8-11H2,1H3. The van der Waals surface area contributed by atoms with Crippen LogP contribution in [0.4, 0.5) is 0 Å². The van der Waals surface area contributed by atoms with Crippen LogP contribution in [-0.2, 0) is 6.54 Å². The second-order valence-electron chi connectivity index (χ2n) is 5.63. The molecule has 2 aromatic rings. The van der Waals surface area contributed by atoms with Gasteiger partial charge in [-0.25, -0.2) is 0 Å². The first-order valence-electron chi connectivity index (χ1n) is 7.59. The second kappa shape index (κ2) is 6.89. The van der Waals surface area contributed by atoms with Crippen LogP contribution in [0.2, 0.25) is 0 Å². The first kappa shape index (κ1) is 15.0. The molecule has 0 radical (unpaired) electrons. The molecule has 0 amide bonds. The molecule has 1 aromatic heterocycles. The number of aromatic nitrogens is 2. The number of nitrogens with zero attached hydrogens (tertiary/aromatic N) is 3. The Hall–Kier alpha value is -1.92. The fourth-order valence-electron chi connectivity index (χ4n) is 2.88. The van der Waals surface area contributed by atoms with E-state index in [2.05, 4.69) is 15.1 Å². The second-order valence-corrected chi connectivity index (χ2v) is 5.63. The number of piperidine rings is 1. The average molecular weight is 303 g/mol. The normalized spacial score (nSPS) is 19.3. The van der Waals surface area contributed by atoms with Crippen molar-refractivity contribution < 1.29 is 14.3 Å². The van der Waals surface area contributed by atoms with Crippen molar-refractivity contribution in [2.75, 3.05) is 26.8 Å². The molecule has 6 heteroatoms. The van der Waals surface area contributed by atoms with Gasteiger partial charge in [0.2, 0.25) is 5.89 Å². The quantitative estimate of drug-likeness (QED) is 0.910. The molecule has 2 heterocycles. The lowest BCUT2D eigenvalue weighted by Gasteiger charge is -2.30. The van der Waals surface area contributed by atoms with Crippen LogP contribution < -0.4 is 4.74 Å². The monoisotopic (exact) mass is 303 g/mol. The maximum atomic E-state index is 9.29. The van der Waals surface area contributed by atoms with Crippen LogP contribution in [0.3, 0.4) is 0 Å². The van der Waals surface area contributed by atoms with Gasteiger partial charge in [-0.3, -0.25) is 4.90 Å². The van der Waals surface area contributed by atoms with Crippen LogP contribution >= 0.6 is 0 Å². The molecule has 1 saturated heterocycles. The molecule has 0 aliphatic carbocycles. The van der Waals surface area contributed by atoms with E-state index < -0.39 is 0 Å². The Kier molecular flexibility index (Phi) is 4.70. The Bertz CT molecular complexity index is 614. The van der Waals surface area contributed by atoms with Gasteiger partial charge >= 0.3 is 0 Å². The van der Waals surface area contributed by atoms with E-state index in [9.17, 15) is 5.11 Å². The lowest BCUT2D eigenvalue weighted by molar-refractivity contribution is 0.109. The Morgan fingerprint density at radius 3 is 3.05 bits per heavy atom. The predicted molar refractivity (Wildman–Crippen MR) is 81.4 cm³/mol. The van der Waals surface area contributed by atoms with Gasteiger partial charge in [0.15, 0.2) is 0 Å². The molecule has 0 saturated carbocycles. The van der Waals surface area contributed by atoms with Gasteiger partial charge in [0, 0.05) is 13.2 Å². The topological polar surface area (TPSA) is 71.6 Å². The zero-order chi connectivity index (χ0) is 15.4. The summed E-state index contributed by atoms with van der Waals surface area (Å²) < 4.78 is 11.1. The highest BCUT2D eigenvalue weighted by molar-refractivity contribution is 5.62. The van der Waals surface area contributed by atoms with Crippen LogP contribution in [0, 0.1) is 5.92 Å². The number of hydrogen-bond donors (Lipinski definition) is 1. The summed E-state index contributed by atoms with van der Waals surface area (Å²) in [7, 11) is 1.62. The van der Waals surface area contributed by atoms with Crippen molar-refractivity contribution in [2.24, 2.45) is 5.92 Å². The van der Waals surface area contributed by atoms with Crippen molar-refractivity contribution in [3.8, 4) is 17.2 Å². The van der Waals surface area contributed by atoms with Gasteiger partial charge in [-0.2, -0.15) is 0 Å². The van der Waals surface area contributed by atoms with E-state index >= 15 is 0 Å². The van der Waals surface area contributed by atoms with E-state index in [0.717, 1.165) is 37.2 Å². The fourth-order valence-corrected chi connectivity index (χ4v) is 2.88. The maximum Gasteiger partial charge on any atom is 0.251 e. The van der Waals surface area contributed by atoms with Crippen molar-refractivity contribution in [2.45, 2.75) is 19.4 Å². The molecule has 1 aromatic carbocycles. The molecular formula is C16H21N3O3. The molecule has 6 nitrogen and oxygen atoms in total. The van der Waals surface area contributed by atoms with E-state index in [0.29, 0.717) is 24.2 Å². The Labute approximate surface area is 129 Å². The minimum absolute atomic E-state index is 0.243. The average Bonchev–Trinajstić information content (AvgIpc) is 3.03. The minimum atomic E-state index is 0.243. The molecule has 1 aliphatic heterocycles. The van der Waals surface area contributed by atoms with Crippen LogP contribution in [0.5, 0.6) is 5.75 Å². The number of methoxy groups -OCH3 is 1. The third kappa shape index (κ3) is 3.28.